The number of aromatic nitrogens is 4. The third kappa shape index (κ3) is 3.01. The SMILES string of the molecule is Nc1c(-c2nc3ccc(CNc4nccs4)cc3[nH]2)c(=O)[nH]c2cccc(F)c12. The van der Waals surface area contributed by atoms with Crippen molar-refractivity contribution in [3.05, 3.63) is 69.7 Å². The van der Waals surface area contributed by atoms with Crippen molar-refractivity contribution < 1.29 is 4.39 Å². The predicted molar refractivity (Wildman–Crippen MR) is 113 cm³/mol. The molecule has 3 aromatic heterocycles. The van der Waals surface area contributed by atoms with Gasteiger partial charge in [-0.25, -0.2) is 14.4 Å². The number of rotatable bonds is 4. The summed E-state index contributed by atoms with van der Waals surface area (Å²) in [5.41, 5.74) is 8.75. The first-order valence-electron chi connectivity index (χ1n) is 8.82. The molecule has 5 rings (SSSR count). The summed E-state index contributed by atoms with van der Waals surface area (Å²) in [4.78, 5) is 27.1. The third-order valence-electron chi connectivity index (χ3n) is 4.69. The first-order chi connectivity index (χ1) is 14.1. The van der Waals surface area contributed by atoms with Crippen molar-refractivity contribution in [3.63, 3.8) is 0 Å². The van der Waals surface area contributed by atoms with E-state index in [0.29, 0.717) is 23.4 Å². The summed E-state index contributed by atoms with van der Waals surface area (Å²) in [6, 6.07) is 10.2. The number of nitrogens with two attached hydrogens (primary N) is 1. The molecule has 2 aromatic carbocycles. The molecule has 0 atom stereocenters. The molecule has 0 aliphatic carbocycles. The number of nitrogens with zero attached hydrogens (tertiary/aromatic N) is 2. The van der Waals surface area contributed by atoms with E-state index in [1.54, 1.807) is 12.3 Å². The van der Waals surface area contributed by atoms with Gasteiger partial charge in [-0.2, -0.15) is 0 Å². The first-order valence-corrected chi connectivity index (χ1v) is 9.70. The van der Waals surface area contributed by atoms with Gasteiger partial charge in [0.1, 0.15) is 17.2 Å². The molecule has 0 bridgehead atoms. The number of imidazole rings is 1. The van der Waals surface area contributed by atoms with Gasteiger partial charge < -0.3 is 21.0 Å². The van der Waals surface area contributed by atoms with Crippen LogP contribution in [0.3, 0.4) is 0 Å². The molecule has 0 amide bonds. The van der Waals surface area contributed by atoms with Gasteiger partial charge in [0.15, 0.2) is 5.13 Å². The fourth-order valence-electron chi connectivity index (χ4n) is 3.34. The number of pyridine rings is 1. The molecule has 7 nitrogen and oxygen atoms in total. The lowest BCUT2D eigenvalue weighted by Gasteiger charge is -2.07. The molecular formula is C20H15FN6OS. The maximum absolute atomic E-state index is 14.3. The zero-order valence-electron chi connectivity index (χ0n) is 15.0. The lowest BCUT2D eigenvalue weighted by molar-refractivity contribution is 0.640. The molecule has 0 spiro atoms. The second-order valence-corrected chi connectivity index (χ2v) is 7.43. The molecule has 9 heteroatoms. The third-order valence-corrected chi connectivity index (χ3v) is 5.42. The van der Waals surface area contributed by atoms with Gasteiger partial charge in [0.25, 0.3) is 5.56 Å². The van der Waals surface area contributed by atoms with Crippen LogP contribution in [0.15, 0.2) is 52.8 Å². The van der Waals surface area contributed by atoms with Gasteiger partial charge in [0.2, 0.25) is 0 Å². The van der Waals surface area contributed by atoms with Crippen LogP contribution in [0.2, 0.25) is 0 Å². The van der Waals surface area contributed by atoms with Gasteiger partial charge >= 0.3 is 0 Å². The molecule has 0 saturated heterocycles. The van der Waals surface area contributed by atoms with E-state index in [0.717, 1.165) is 16.2 Å². The minimum absolute atomic E-state index is 0.0616. The Morgan fingerprint density at radius 2 is 2.07 bits per heavy atom. The Hall–Kier alpha value is -3.72. The van der Waals surface area contributed by atoms with E-state index < -0.39 is 11.4 Å². The van der Waals surface area contributed by atoms with Crippen LogP contribution < -0.4 is 16.6 Å². The number of nitrogens with one attached hydrogen (secondary N) is 3. The average molecular weight is 406 g/mol. The Morgan fingerprint density at radius 1 is 1.17 bits per heavy atom. The van der Waals surface area contributed by atoms with Crippen LogP contribution >= 0.6 is 11.3 Å². The van der Waals surface area contributed by atoms with Crippen LogP contribution in [0.25, 0.3) is 33.3 Å². The molecule has 5 aromatic rings. The second kappa shape index (κ2) is 6.71. The number of hydrogen-bond donors (Lipinski definition) is 4. The highest BCUT2D eigenvalue weighted by molar-refractivity contribution is 7.13. The predicted octanol–water partition coefficient (Wildman–Crippen LogP) is 3.86. The molecule has 0 fully saturated rings. The summed E-state index contributed by atoms with van der Waals surface area (Å²) in [6.07, 6.45) is 1.74. The maximum atomic E-state index is 14.3. The van der Waals surface area contributed by atoms with Crippen LogP contribution in [0.4, 0.5) is 15.2 Å². The summed E-state index contributed by atoms with van der Waals surface area (Å²) >= 11 is 1.53. The summed E-state index contributed by atoms with van der Waals surface area (Å²) in [6.45, 7) is 0.599. The number of anilines is 2. The molecule has 29 heavy (non-hydrogen) atoms. The topological polar surface area (TPSA) is 112 Å². The van der Waals surface area contributed by atoms with E-state index in [-0.39, 0.29) is 16.6 Å². The van der Waals surface area contributed by atoms with Crippen molar-refractivity contribution in [1.29, 1.82) is 0 Å². The van der Waals surface area contributed by atoms with Crippen molar-refractivity contribution in [2.75, 3.05) is 11.1 Å². The highest BCUT2D eigenvalue weighted by Gasteiger charge is 2.18. The molecule has 0 aliphatic rings. The molecule has 0 aliphatic heterocycles. The molecule has 144 valence electrons. The van der Waals surface area contributed by atoms with E-state index >= 15 is 0 Å². The minimum atomic E-state index is -0.496. The summed E-state index contributed by atoms with van der Waals surface area (Å²) in [5, 5.41) is 6.17. The van der Waals surface area contributed by atoms with Gasteiger partial charge in [-0.15, -0.1) is 11.3 Å². The lowest BCUT2D eigenvalue weighted by atomic mass is 10.1. The van der Waals surface area contributed by atoms with E-state index in [1.165, 1.54) is 23.5 Å². The Balaban J connectivity index is 1.57. The number of aromatic amines is 2. The molecule has 0 radical (unpaired) electrons. The Morgan fingerprint density at radius 3 is 2.90 bits per heavy atom. The van der Waals surface area contributed by atoms with Gasteiger partial charge in [-0.1, -0.05) is 12.1 Å². The number of benzene rings is 2. The zero-order chi connectivity index (χ0) is 20.0. The Kier molecular flexibility index (Phi) is 4.02. The fraction of sp³-hybridized carbons (Fsp3) is 0.0500. The molecule has 5 N–H and O–H groups in total. The molecule has 0 unspecified atom stereocenters. The second-order valence-electron chi connectivity index (χ2n) is 6.53. The van der Waals surface area contributed by atoms with Crippen LogP contribution in [-0.2, 0) is 6.54 Å². The smallest absolute Gasteiger partial charge is 0.261 e. The normalized spacial score (nSPS) is 11.3. The standard InChI is InChI=1S/C20H15FN6OS/c21-11-2-1-3-13-15(11)17(22)16(19(28)27-13)18-25-12-5-4-10(8-14(12)26-18)9-24-20-23-6-7-29-20/h1-8H,9H2,(H,23,24)(H,25,26)(H3,22,27,28). The van der Waals surface area contributed by atoms with Gasteiger partial charge in [0.05, 0.1) is 27.6 Å². The average Bonchev–Trinajstić information content (AvgIpc) is 3.35. The van der Waals surface area contributed by atoms with Crippen molar-refractivity contribution in [1.82, 2.24) is 19.9 Å². The maximum Gasteiger partial charge on any atom is 0.261 e. The highest BCUT2D eigenvalue weighted by atomic mass is 32.1. The lowest BCUT2D eigenvalue weighted by Crippen LogP contribution is -2.13. The summed E-state index contributed by atoms with van der Waals surface area (Å²) < 4.78 is 14.3. The molecular weight excluding hydrogens is 391 g/mol. The number of thiazole rings is 1. The number of halogens is 1. The molecule has 3 heterocycles. The van der Waals surface area contributed by atoms with E-state index in [1.807, 2.05) is 23.6 Å². The van der Waals surface area contributed by atoms with Crippen LogP contribution in [0, 0.1) is 5.82 Å². The largest absolute Gasteiger partial charge is 0.397 e. The van der Waals surface area contributed by atoms with Crippen molar-refractivity contribution in [2.45, 2.75) is 6.54 Å². The number of nitrogen functional groups attached to an aromatic ring is 1. The van der Waals surface area contributed by atoms with E-state index in [9.17, 15) is 9.18 Å². The van der Waals surface area contributed by atoms with Gasteiger partial charge in [-0.05, 0) is 29.8 Å². The number of hydrogen-bond acceptors (Lipinski definition) is 6. The number of H-pyrrole nitrogens is 2. The quantitative estimate of drug-likeness (QED) is 0.362. The van der Waals surface area contributed by atoms with Crippen LogP contribution in [0.1, 0.15) is 5.56 Å². The van der Waals surface area contributed by atoms with Gasteiger partial charge in [0, 0.05) is 18.1 Å². The van der Waals surface area contributed by atoms with Crippen molar-refractivity contribution in [3.8, 4) is 11.4 Å². The van der Waals surface area contributed by atoms with Crippen molar-refractivity contribution in [2.24, 2.45) is 0 Å². The van der Waals surface area contributed by atoms with E-state index in [2.05, 4.69) is 25.3 Å². The fourth-order valence-corrected chi connectivity index (χ4v) is 3.87. The zero-order valence-corrected chi connectivity index (χ0v) is 15.8. The summed E-state index contributed by atoms with van der Waals surface area (Å²) in [7, 11) is 0. The Labute approximate surface area is 167 Å². The number of fused-ring (bicyclic) bond motifs is 2. The summed E-state index contributed by atoms with van der Waals surface area (Å²) in [5.74, 6) is -0.196. The molecule has 0 saturated carbocycles. The first kappa shape index (κ1) is 17.4. The van der Waals surface area contributed by atoms with Crippen LogP contribution in [0.5, 0.6) is 0 Å². The van der Waals surface area contributed by atoms with E-state index in [4.69, 9.17) is 5.73 Å². The minimum Gasteiger partial charge on any atom is -0.397 e. The Bertz CT molecular complexity index is 1410. The highest BCUT2D eigenvalue weighted by Crippen LogP contribution is 2.30. The van der Waals surface area contributed by atoms with Gasteiger partial charge in [-0.3, -0.25) is 4.79 Å². The monoisotopic (exact) mass is 406 g/mol. The van der Waals surface area contributed by atoms with Crippen molar-refractivity contribution >= 4 is 44.1 Å². The van der Waals surface area contributed by atoms with Crippen LogP contribution in [-0.4, -0.2) is 19.9 Å².